The topological polar surface area (TPSA) is 41.6 Å². The molecule has 0 spiro atoms. The van der Waals surface area contributed by atoms with Crippen LogP contribution < -0.4 is 10.6 Å². The molecule has 2 aromatic rings. The number of halogens is 1. The molecule has 2 rings (SSSR count). The third-order valence-corrected chi connectivity index (χ3v) is 4.02. The molecule has 0 saturated heterocycles. The van der Waals surface area contributed by atoms with Crippen molar-refractivity contribution in [1.29, 1.82) is 0 Å². The van der Waals surface area contributed by atoms with Gasteiger partial charge in [-0.05, 0) is 48.2 Å². The molecule has 0 bridgehead atoms. The van der Waals surface area contributed by atoms with Crippen LogP contribution in [0.15, 0.2) is 47.5 Å². The number of benzene rings is 2. The Morgan fingerprint density at radius 1 is 1.09 bits per heavy atom. The van der Waals surface area contributed by atoms with E-state index in [0.717, 1.165) is 18.5 Å². The van der Waals surface area contributed by atoms with E-state index in [0.29, 0.717) is 16.7 Å². The van der Waals surface area contributed by atoms with Gasteiger partial charge >= 0.3 is 0 Å². The maximum Gasteiger partial charge on any atom is 0.200 e. The van der Waals surface area contributed by atoms with E-state index in [9.17, 15) is 0 Å². The fourth-order valence-corrected chi connectivity index (χ4v) is 2.34. The van der Waals surface area contributed by atoms with E-state index in [2.05, 4.69) is 31.0 Å². The summed E-state index contributed by atoms with van der Waals surface area (Å²) in [4.78, 5) is 6.36. The van der Waals surface area contributed by atoms with Crippen LogP contribution in [0.2, 0.25) is 5.02 Å². The van der Waals surface area contributed by atoms with E-state index in [1.165, 1.54) is 11.1 Å². The molecule has 22 heavy (non-hydrogen) atoms. The lowest BCUT2D eigenvalue weighted by Crippen LogP contribution is -2.33. The summed E-state index contributed by atoms with van der Waals surface area (Å²) < 4.78 is 0. The average molecular weight is 316 g/mol. The van der Waals surface area contributed by atoms with Gasteiger partial charge in [0.05, 0.1) is 10.7 Å². The zero-order valence-electron chi connectivity index (χ0n) is 13.3. The number of nitrogens with zero attached hydrogens (tertiary/aromatic N) is 2. The zero-order chi connectivity index (χ0) is 16.1. The highest BCUT2D eigenvalue weighted by Gasteiger charge is 2.08. The third-order valence-electron chi connectivity index (χ3n) is 3.70. The summed E-state index contributed by atoms with van der Waals surface area (Å²) in [6.45, 7) is 4.23. The summed E-state index contributed by atoms with van der Waals surface area (Å²) in [5.41, 5.74) is 10.3. The Morgan fingerprint density at radius 2 is 1.77 bits per heavy atom. The molecule has 0 saturated carbocycles. The molecule has 4 heteroatoms. The summed E-state index contributed by atoms with van der Waals surface area (Å²) in [5.74, 6) is 0.420. The lowest BCUT2D eigenvalue weighted by atomic mass is 10.1. The number of anilines is 1. The second-order valence-electron chi connectivity index (χ2n) is 5.19. The maximum atomic E-state index is 6.21. The van der Waals surface area contributed by atoms with Crippen molar-refractivity contribution >= 4 is 28.9 Å². The van der Waals surface area contributed by atoms with Crippen molar-refractivity contribution < 1.29 is 0 Å². The molecule has 0 radical (unpaired) electrons. The van der Waals surface area contributed by atoms with Crippen LogP contribution >= 0.6 is 11.6 Å². The normalized spacial score (nSPS) is 11.5. The van der Waals surface area contributed by atoms with Crippen molar-refractivity contribution in [2.75, 3.05) is 11.9 Å². The van der Waals surface area contributed by atoms with Gasteiger partial charge in [-0.1, -0.05) is 43.6 Å². The monoisotopic (exact) mass is 315 g/mol. The molecule has 0 fully saturated rings. The molecule has 0 heterocycles. The largest absolute Gasteiger partial charge is 0.369 e. The number of aryl methyl sites for hydroxylation is 2. The summed E-state index contributed by atoms with van der Waals surface area (Å²) in [6.07, 6.45) is 1.93. The van der Waals surface area contributed by atoms with Crippen LogP contribution in [0, 0.1) is 0 Å². The van der Waals surface area contributed by atoms with E-state index in [1.807, 2.05) is 42.3 Å². The number of aliphatic imine (C=N–C) groups is 1. The summed E-state index contributed by atoms with van der Waals surface area (Å²) in [6, 6.07) is 14.1. The molecule has 0 unspecified atom stereocenters. The Labute approximate surface area is 137 Å². The highest BCUT2D eigenvalue weighted by atomic mass is 35.5. The molecule has 0 aliphatic heterocycles. The number of hydrogen-bond acceptors (Lipinski definition) is 1. The van der Waals surface area contributed by atoms with Gasteiger partial charge in [-0.25, -0.2) is 4.99 Å². The first kappa shape index (κ1) is 16.4. The van der Waals surface area contributed by atoms with Crippen molar-refractivity contribution in [2.24, 2.45) is 10.7 Å². The van der Waals surface area contributed by atoms with Crippen LogP contribution in [0.25, 0.3) is 0 Å². The average Bonchev–Trinajstić information content (AvgIpc) is 2.56. The van der Waals surface area contributed by atoms with Gasteiger partial charge in [-0.3, -0.25) is 0 Å². The minimum absolute atomic E-state index is 0.420. The Kier molecular flexibility index (Phi) is 5.45. The zero-order valence-corrected chi connectivity index (χ0v) is 14.1. The minimum Gasteiger partial charge on any atom is -0.369 e. The quantitative estimate of drug-likeness (QED) is 0.664. The van der Waals surface area contributed by atoms with Gasteiger partial charge in [-0.15, -0.1) is 0 Å². The van der Waals surface area contributed by atoms with Crippen LogP contribution in [0.4, 0.5) is 11.4 Å². The number of hydrogen-bond donors (Lipinski definition) is 1. The Balaban J connectivity index is 2.31. The number of nitrogens with two attached hydrogens (primary N) is 1. The van der Waals surface area contributed by atoms with Crippen LogP contribution in [0.3, 0.4) is 0 Å². The fraction of sp³-hybridized carbons (Fsp3) is 0.278. The van der Waals surface area contributed by atoms with Gasteiger partial charge in [0.15, 0.2) is 0 Å². The smallest absolute Gasteiger partial charge is 0.200 e. The second kappa shape index (κ2) is 7.32. The van der Waals surface area contributed by atoms with Crippen LogP contribution in [-0.4, -0.2) is 13.0 Å². The first-order valence-electron chi connectivity index (χ1n) is 7.50. The van der Waals surface area contributed by atoms with Crippen molar-refractivity contribution in [2.45, 2.75) is 26.7 Å². The first-order chi connectivity index (χ1) is 10.5. The lowest BCUT2D eigenvalue weighted by Gasteiger charge is -2.19. The van der Waals surface area contributed by atoms with E-state index >= 15 is 0 Å². The van der Waals surface area contributed by atoms with Crippen LogP contribution in [0.5, 0.6) is 0 Å². The Bertz CT molecular complexity index is 680. The Morgan fingerprint density at radius 3 is 2.45 bits per heavy atom. The minimum atomic E-state index is 0.420. The van der Waals surface area contributed by atoms with E-state index in [1.54, 1.807) is 0 Å². The van der Waals surface area contributed by atoms with Gasteiger partial charge in [0, 0.05) is 12.7 Å². The maximum absolute atomic E-state index is 6.21. The summed E-state index contributed by atoms with van der Waals surface area (Å²) in [7, 11) is 1.91. The van der Waals surface area contributed by atoms with Gasteiger partial charge < -0.3 is 10.6 Å². The molecular weight excluding hydrogens is 294 g/mol. The molecule has 2 aromatic carbocycles. The lowest BCUT2D eigenvalue weighted by molar-refractivity contribution is 1.12. The van der Waals surface area contributed by atoms with Crippen LogP contribution in [0.1, 0.15) is 25.0 Å². The fourth-order valence-electron chi connectivity index (χ4n) is 2.18. The molecule has 0 atom stereocenters. The van der Waals surface area contributed by atoms with Gasteiger partial charge in [0.25, 0.3) is 0 Å². The van der Waals surface area contributed by atoms with Gasteiger partial charge in [0.1, 0.15) is 0 Å². The SMILES string of the molecule is CCc1cccc(N(C)C(N)=Nc2cc(CC)ccc2Cl)c1. The molecule has 0 aromatic heterocycles. The van der Waals surface area contributed by atoms with E-state index in [4.69, 9.17) is 17.3 Å². The number of rotatable bonds is 4. The van der Waals surface area contributed by atoms with E-state index < -0.39 is 0 Å². The van der Waals surface area contributed by atoms with Crippen molar-refractivity contribution in [3.8, 4) is 0 Å². The van der Waals surface area contributed by atoms with Crippen molar-refractivity contribution in [3.63, 3.8) is 0 Å². The standard InChI is InChI=1S/C18H22ClN3/c1-4-13-7-6-8-15(11-13)22(3)18(20)21-17-12-14(5-2)9-10-16(17)19/h6-12H,4-5H2,1-3H3,(H2,20,21). The molecular formula is C18H22ClN3. The summed E-state index contributed by atoms with van der Waals surface area (Å²) >= 11 is 6.21. The number of guanidine groups is 1. The molecule has 2 N–H and O–H groups in total. The first-order valence-corrected chi connectivity index (χ1v) is 7.88. The third kappa shape index (κ3) is 3.80. The molecule has 0 aliphatic carbocycles. The van der Waals surface area contributed by atoms with Crippen molar-refractivity contribution in [3.05, 3.63) is 58.6 Å². The predicted octanol–water partition coefficient (Wildman–Crippen LogP) is 4.55. The Hall–Kier alpha value is -2.00. The predicted molar refractivity (Wildman–Crippen MR) is 96.3 cm³/mol. The molecule has 3 nitrogen and oxygen atoms in total. The van der Waals surface area contributed by atoms with Crippen molar-refractivity contribution in [1.82, 2.24) is 0 Å². The molecule has 0 amide bonds. The van der Waals surface area contributed by atoms with E-state index in [-0.39, 0.29) is 0 Å². The van der Waals surface area contributed by atoms with Gasteiger partial charge in [-0.2, -0.15) is 0 Å². The molecule has 0 aliphatic rings. The molecule has 116 valence electrons. The highest BCUT2D eigenvalue weighted by Crippen LogP contribution is 2.27. The summed E-state index contributed by atoms with van der Waals surface area (Å²) in [5, 5.41) is 0.607. The highest BCUT2D eigenvalue weighted by molar-refractivity contribution is 6.33. The second-order valence-corrected chi connectivity index (χ2v) is 5.60. The van der Waals surface area contributed by atoms with Gasteiger partial charge in [0.2, 0.25) is 5.96 Å². The van der Waals surface area contributed by atoms with Crippen LogP contribution in [-0.2, 0) is 12.8 Å².